The zero-order valence-corrected chi connectivity index (χ0v) is 10.8. The van der Waals surface area contributed by atoms with Crippen molar-refractivity contribution in [1.29, 1.82) is 0 Å². The molecule has 98 valence electrons. The lowest BCUT2D eigenvalue weighted by molar-refractivity contribution is -0.125. The van der Waals surface area contributed by atoms with Gasteiger partial charge in [0, 0.05) is 18.8 Å². The number of H-pyrrole nitrogens is 1. The van der Waals surface area contributed by atoms with E-state index in [1.165, 1.54) is 0 Å². The van der Waals surface area contributed by atoms with E-state index in [1.54, 1.807) is 23.2 Å². The summed E-state index contributed by atoms with van der Waals surface area (Å²) in [7, 11) is 0. The lowest BCUT2D eigenvalue weighted by Crippen LogP contribution is -2.47. The van der Waals surface area contributed by atoms with E-state index in [0.717, 1.165) is 12.8 Å². The number of amides is 2. The Morgan fingerprint density at radius 3 is 2.89 bits per heavy atom. The van der Waals surface area contributed by atoms with Gasteiger partial charge in [-0.3, -0.25) is 9.59 Å². The first kappa shape index (κ1) is 12.7. The van der Waals surface area contributed by atoms with Crippen LogP contribution < -0.4 is 5.32 Å². The molecule has 0 saturated carbocycles. The molecular weight excluding hydrogens is 230 g/mol. The van der Waals surface area contributed by atoms with Crippen LogP contribution in [0, 0.1) is 0 Å². The first-order chi connectivity index (χ1) is 8.59. The highest BCUT2D eigenvalue weighted by Gasteiger charge is 2.34. The molecule has 2 heterocycles. The van der Waals surface area contributed by atoms with Gasteiger partial charge in [-0.15, -0.1) is 0 Å². The molecule has 1 atom stereocenters. The smallest absolute Gasteiger partial charge is 0.270 e. The van der Waals surface area contributed by atoms with Crippen LogP contribution in [0.5, 0.6) is 0 Å². The maximum Gasteiger partial charge on any atom is 0.270 e. The average molecular weight is 249 g/mol. The average Bonchev–Trinajstić information content (AvgIpc) is 2.98. The zero-order chi connectivity index (χ0) is 13.1. The van der Waals surface area contributed by atoms with Crippen molar-refractivity contribution in [3.63, 3.8) is 0 Å². The molecule has 0 bridgehead atoms. The van der Waals surface area contributed by atoms with Gasteiger partial charge in [0.05, 0.1) is 0 Å². The van der Waals surface area contributed by atoms with Crippen molar-refractivity contribution in [2.24, 2.45) is 0 Å². The number of carbonyl (C=O) groups is 2. The maximum atomic E-state index is 12.2. The van der Waals surface area contributed by atoms with Gasteiger partial charge in [0.1, 0.15) is 11.7 Å². The summed E-state index contributed by atoms with van der Waals surface area (Å²) >= 11 is 0. The molecule has 5 nitrogen and oxygen atoms in total. The molecule has 1 fully saturated rings. The zero-order valence-electron chi connectivity index (χ0n) is 10.8. The minimum Gasteiger partial charge on any atom is -0.357 e. The van der Waals surface area contributed by atoms with Gasteiger partial charge in [-0.2, -0.15) is 0 Å². The molecule has 5 heteroatoms. The van der Waals surface area contributed by atoms with Crippen molar-refractivity contribution in [3.8, 4) is 0 Å². The van der Waals surface area contributed by atoms with Gasteiger partial charge in [-0.1, -0.05) is 0 Å². The van der Waals surface area contributed by atoms with Crippen molar-refractivity contribution in [2.45, 2.75) is 38.8 Å². The fraction of sp³-hybridized carbons (Fsp3) is 0.538. The number of nitrogens with zero attached hydrogens (tertiary/aromatic N) is 1. The van der Waals surface area contributed by atoms with Gasteiger partial charge in [0.2, 0.25) is 5.91 Å². The minimum absolute atomic E-state index is 0.0533. The predicted octanol–water partition coefficient (Wildman–Crippen LogP) is 1.14. The van der Waals surface area contributed by atoms with Crippen LogP contribution in [0.1, 0.15) is 37.2 Å². The van der Waals surface area contributed by atoms with E-state index in [1.807, 2.05) is 13.8 Å². The third kappa shape index (κ3) is 2.55. The molecular formula is C13H19N3O2. The SMILES string of the molecule is CC(C)NC(=O)[C@@H]1CCCN1C(=O)c1ccc[nH]1. The van der Waals surface area contributed by atoms with Crippen LogP contribution in [0.2, 0.25) is 0 Å². The lowest BCUT2D eigenvalue weighted by Gasteiger charge is -2.24. The second-order valence-electron chi connectivity index (χ2n) is 4.90. The molecule has 1 saturated heterocycles. The van der Waals surface area contributed by atoms with E-state index < -0.39 is 0 Å². The lowest BCUT2D eigenvalue weighted by atomic mass is 10.2. The topological polar surface area (TPSA) is 65.2 Å². The summed E-state index contributed by atoms with van der Waals surface area (Å²) < 4.78 is 0. The van der Waals surface area contributed by atoms with Crippen LogP contribution in [-0.2, 0) is 4.79 Å². The molecule has 0 aliphatic carbocycles. The number of nitrogens with one attached hydrogen (secondary N) is 2. The monoisotopic (exact) mass is 249 g/mol. The largest absolute Gasteiger partial charge is 0.357 e. The summed E-state index contributed by atoms with van der Waals surface area (Å²) in [5.74, 6) is -0.149. The highest BCUT2D eigenvalue weighted by Crippen LogP contribution is 2.19. The number of aromatic nitrogens is 1. The Morgan fingerprint density at radius 1 is 1.50 bits per heavy atom. The van der Waals surface area contributed by atoms with Crippen molar-refractivity contribution >= 4 is 11.8 Å². The number of carbonyl (C=O) groups excluding carboxylic acids is 2. The fourth-order valence-corrected chi connectivity index (χ4v) is 2.28. The van der Waals surface area contributed by atoms with Gasteiger partial charge in [0.15, 0.2) is 0 Å². The molecule has 2 rings (SSSR count). The number of likely N-dealkylation sites (tertiary alicyclic amines) is 1. The Hall–Kier alpha value is -1.78. The van der Waals surface area contributed by atoms with Crippen LogP contribution in [0.15, 0.2) is 18.3 Å². The van der Waals surface area contributed by atoms with Crippen LogP contribution in [0.25, 0.3) is 0 Å². The second-order valence-corrected chi connectivity index (χ2v) is 4.90. The predicted molar refractivity (Wildman–Crippen MR) is 68.1 cm³/mol. The van der Waals surface area contributed by atoms with Crippen LogP contribution >= 0.6 is 0 Å². The molecule has 2 amide bonds. The Balaban J connectivity index is 2.08. The molecule has 0 spiro atoms. The van der Waals surface area contributed by atoms with E-state index in [4.69, 9.17) is 0 Å². The van der Waals surface area contributed by atoms with Gasteiger partial charge in [0.25, 0.3) is 5.91 Å². The normalized spacial score (nSPS) is 19.3. The summed E-state index contributed by atoms with van der Waals surface area (Å²) in [4.78, 5) is 28.8. The fourth-order valence-electron chi connectivity index (χ4n) is 2.28. The summed E-state index contributed by atoms with van der Waals surface area (Å²) in [5, 5.41) is 2.87. The Bertz CT molecular complexity index is 425. The highest BCUT2D eigenvalue weighted by atomic mass is 16.2. The van der Waals surface area contributed by atoms with Crippen LogP contribution in [-0.4, -0.2) is 40.3 Å². The molecule has 0 aromatic carbocycles. The standard InChI is InChI=1S/C13H19N3O2/c1-9(2)15-12(17)11-6-4-8-16(11)13(18)10-5-3-7-14-10/h3,5,7,9,11,14H,4,6,8H2,1-2H3,(H,15,17)/t11-/m0/s1. The van der Waals surface area contributed by atoms with Gasteiger partial charge < -0.3 is 15.2 Å². The Labute approximate surface area is 107 Å². The molecule has 0 radical (unpaired) electrons. The molecule has 1 aromatic rings. The first-order valence-corrected chi connectivity index (χ1v) is 6.34. The molecule has 0 unspecified atom stereocenters. The Kier molecular flexibility index (Phi) is 3.69. The molecule has 1 aliphatic heterocycles. The molecule has 1 aromatic heterocycles. The van der Waals surface area contributed by atoms with Gasteiger partial charge in [-0.05, 0) is 38.8 Å². The molecule has 18 heavy (non-hydrogen) atoms. The highest BCUT2D eigenvalue weighted by molar-refractivity contribution is 5.96. The minimum atomic E-state index is -0.330. The van der Waals surface area contributed by atoms with Crippen molar-refractivity contribution < 1.29 is 9.59 Å². The third-order valence-electron chi connectivity index (χ3n) is 3.08. The molecule has 1 aliphatic rings. The number of hydrogen-bond donors (Lipinski definition) is 2. The van der Waals surface area contributed by atoms with Crippen molar-refractivity contribution in [2.75, 3.05) is 6.54 Å². The van der Waals surface area contributed by atoms with Crippen molar-refractivity contribution in [3.05, 3.63) is 24.0 Å². The maximum absolute atomic E-state index is 12.2. The first-order valence-electron chi connectivity index (χ1n) is 6.34. The van der Waals surface area contributed by atoms with Gasteiger partial charge >= 0.3 is 0 Å². The van der Waals surface area contributed by atoms with Crippen LogP contribution in [0.3, 0.4) is 0 Å². The summed E-state index contributed by atoms with van der Waals surface area (Å²) in [6, 6.07) is 3.29. The van der Waals surface area contributed by atoms with Crippen molar-refractivity contribution in [1.82, 2.24) is 15.2 Å². The number of aromatic amines is 1. The Morgan fingerprint density at radius 2 is 2.28 bits per heavy atom. The third-order valence-corrected chi connectivity index (χ3v) is 3.08. The summed E-state index contributed by atoms with van der Waals surface area (Å²) in [5.41, 5.74) is 0.541. The second kappa shape index (κ2) is 5.25. The summed E-state index contributed by atoms with van der Waals surface area (Å²) in [6.07, 6.45) is 3.33. The van der Waals surface area contributed by atoms with E-state index in [2.05, 4.69) is 10.3 Å². The van der Waals surface area contributed by atoms with E-state index >= 15 is 0 Å². The van der Waals surface area contributed by atoms with E-state index in [-0.39, 0.29) is 23.9 Å². The van der Waals surface area contributed by atoms with E-state index in [0.29, 0.717) is 12.2 Å². The number of hydrogen-bond acceptors (Lipinski definition) is 2. The molecule has 2 N–H and O–H groups in total. The van der Waals surface area contributed by atoms with Crippen LogP contribution in [0.4, 0.5) is 0 Å². The quantitative estimate of drug-likeness (QED) is 0.843. The van der Waals surface area contributed by atoms with E-state index in [9.17, 15) is 9.59 Å². The summed E-state index contributed by atoms with van der Waals surface area (Å²) in [6.45, 7) is 4.49. The number of rotatable bonds is 3. The van der Waals surface area contributed by atoms with Gasteiger partial charge in [-0.25, -0.2) is 0 Å².